The van der Waals surface area contributed by atoms with Gasteiger partial charge in [0.1, 0.15) is 23.7 Å². The number of benzene rings is 2. The predicted molar refractivity (Wildman–Crippen MR) is 116 cm³/mol. The molecule has 0 atom stereocenters. The number of imidazole rings is 1. The summed E-state index contributed by atoms with van der Waals surface area (Å²) in [6.45, 7) is 1.73. The Morgan fingerprint density at radius 2 is 1.79 bits per heavy atom. The lowest BCUT2D eigenvalue weighted by atomic mass is 10.3. The topological polar surface area (TPSA) is 103 Å². The van der Waals surface area contributed by atoms with Crippen molar-refractivity contribution in [1.82, 2.24) is 19.5 Å². The molecule has 0 aliphatic rings. The number of urea groups is 1. The molecule has 0 spiro atoms. The maximum absolute atomic E-state index is 12.5. The Hall–Kier alpha value is -4.61. The molecule has 0 aliphatic carbocycles. The van der Waals surface area contributed by atoms with E-state index >= 15 is 0 Å². The van der Waals surface area contributed by atoms with Crippen molar-refractivity contribution in [3.8, 4) is 23.2 Å². The molecule has 9 nitrogen and oxygen atoms in total. The number of carbonyl (C=O) groups is 1. The zero-order chi connectivity index (χ0) is 24.1. The van der Waals surface area contributed by atoms with E-state index in [1.807, 2.05) is 0 Å². The van der Waals surface area contributed by atoms with E-state index in [1.54, 1.807) is 60.5 Å². The third-order valence-corrected chi connectivity index (χ3v) is 4.27. The molecule has 174 valence electrons. The first-order valence-corrected chi connectivity index (χ1v) is 9.80. The van der Waals surface area contributed by atoms with E-state index in [2.05, 4.69) is 30.3 Å². The Labute approximate surface area is 191 Å². The highest BCUT2D eigenvalue weighted by Gasteiger charge is 2.32. The van der Waals surface area contributed by atoms with Crippen LogP contribution < -0.4 is 20.1 Å². The van der Waals surface area contributed by atoms with Crippen LogP contribution in [0.15, 0.2) is 73.3 Å². The highest BCUT2D eigenvalue weighted by Crippen LogP contribution is 2.30. The SMILES string of the molecule is Cc1nc(Oc2ccc(NC(=O)Nc3ccccc3OC(F)(F)F)cc2)cc(-n2ccnc2)n1. The van der Waals surface area contributed by atoms with Gasteiger partial charge in [-0.05, 0) is 43.3 Å². The molecule has 34 heavy (non-hydrogen) atoms. The molecule has 0 saturated carbocycles. The summed E-state index contributed by atoms with van der Waals surface area (Å²) in [6, 6.07) is 12.5. The number of ether oxygens (including phenoxy) is 2. The van der Waals surface area contributed by atoms with E-state index in [9.17, 15) is 18.0 Å². The molecule has 12 heteroatoms. The van der Waals surface area contributed by atoms with Crippen molar-refractivity contribution in [2.75, 3.05) is 10.6 Å². The highest BCUT2D eigenvalue weighted by molar-refractivity contribution is 6.00. The normalized spacial score (nSPS) is 11.1. The van der Waals surface area contributed by atoms with E-state index in [0.717, 1.165) is 6.07 Å². The van der Waals surface area contributed by atoms with Crippen LogP contribution in [0.3, 0.4) is 0 Å². The lowest BCUT2D eigenvalue weighted by Crippen LogP contribution is -2.22. The minimum absolute atomic E-state index is 0.134. The fourth-order valence-corrected chi connectivity index (χ4v) is 2.90. The number of hydrogen-bond donors (Lipinski definition) is 2. The van der Waals surface area contributed by atoms with Crippen molar-refractivity contribution in [3.63, 3.8) is 0 Å². The second-order valence-electron chi connectivity index (χ2n) is 6.83. The lowest BCUT2D eigenvalue weighted by Gasteiger charge is -2.14. The van der Waals surface area contributed by atoms with Crippen LogP contribution in [0, 0.1) is 6.92 Å². The van der Waals surface area contributed by atoms with Crippen molar-refractivity contribution in [3.05, 3.63) is 79.1 Å². The van der Waals surface area contributed by atoms with Gasteiger partial charge in [0.15, 0.2) is 5.75 Å². The van der Waals surface area contributed by atoms with Gasteiger partial charge < -0.3 is 20.1 Å². The number of amides is 2. The summed E-state index contributed by atoms with van der Waals surface area (Å²) < 4.78 is 49.0. The zero-order valence-electron chi connectivity index (χ0n) is 17.6. The Balaban J connectivity index is 1.40. The number of hydrogen-bond acceptors (Lipinski definition) is 6. The molecule has 0 bridgehead atoms. The standard InChI is InChI=1S/C22H17F3N6O3/c1-14-27-19(31-11-10-26-13-31)12-20(28-14)33-16-8-6-15(7-9-16)29-21(32)30-17-4-2-3-5-18(17)34-22(23,24)25/h2-13H,1H3,(H2,29,30,32). The molecule has 0 aliphatic heterocycles. The second-order valence-corrected chi connectivity index (χ2v) is 6.83. The van der Waals surface area contributed by atoms with Crippen LogP contribution in [0.4, 0.5) is 29.3 Å². The molecule has 2 heterocycles. The summed E-state index contributed by atoms with van der Waals surface area (Å²) in [5.41, 5.74) is 0.252. The third-order valence-electron chi connectivity index (χ3n) is 4.27. The van der Waals surface area contributed by atoms with Crippen molar-refractivity contribution < 1.29 is 27.4 Å². The number of aromatic nitrogens is 4. The van der Waals surface area contributed by atoms with Crippen LogP contribution >= 0.6 is 0 Å². The first-order chi connectivity index (χ1) is 16.2. The number of carbonyl (C=O) groups excluding carboxylic acids is 1. The molecular weight excluding hydrogens is 453 g/mol. The average molecular weight is 470 g/mol. The number of aryl methyl sites for hydroxylation is 1. The van der Waals surface area contributed by atoms with Crippen molar-refractivity contribution in [2.24, 2.45) is 0 Å². The van der Waals surface area contributed by atoms with Crippen LogP contribution in [-0.2, 0) is 0 Å². The summed E-state index contributed by atoms with van der Waals surface area (Å²) in [7, 11) is 0. The number of nitrogens with zero attached hydrogens (tertiary/aromatic N) is 4. The first-order valence-electron chi connectivity index (χ1n) is 9.80. The average Bonchev–Trinajstić information content (AvgIpc) is 3.30. The molecule has 0 fully saturated rings. The third kappa shape index (κ3) is 6.00. The first kappa shape index (κ1) is 22.6. The fraction of sp³-hybridized carbons (Fsp3) is 0.0909. The molecule has 2 amide bonds. The minimum atomic E-state index is -4.88. The van der Waals surface area contributed by atoms with Crippen LogP contribution in [0.2, 0.25) is 0 Å². The Kier molecular flexibility index (Phi) is 6.30. The quantitative estimate of drug-likeness (QED) is 0.396. The summed E-state index contributed by atoms with van der Waals surface area (Å²) in [6.07, 6.45) is 0.0864. The van der Waals surface area contributed by atoms with Gasteiger partial charge in [-0.15, -0.1) is 13.2 Å². The monoisotopic (exact) mass is 470 g/mol. The van der Waals surface area contributed by atoms with Crippen LogP contribution in [-0.4, -0.2) is 31.9 Å². The van der Waals surface area contributed by atoms with Gasteiger partial charge in [-0.2, -0.15) is 4.98 Å². The van der Waals surface area contributed by atoms with E-state index in [4.69, 9.17) is 4.74 Å². The highest BCUT2D eigenvalue weighted by atomic mass is 19.4. The van der Waals surface area contributed by atoms with E-state index in [-0.39, 0.29) is 5.69 Å². The number of nitrogens with one attached hydrogen (secondary N) is 2. The van der Waals surface area contributed by atoms with Gasteiger partial charge in [0.25, 0.3) is 0 Å². The molecule has 4 aromatic rings. The van der Waals surface area contributed by atoms with Gasteiger partial charge >= 0.3 is 12.4 Å². The second kappa shape index (κ2) is 9.48. The van der Waals surface area contributed by atoms with E-state index < -0.39 is 18.1 Å². The molecular formula is C22H17F3N6O3. The molecule has 2 N–H and O–H groups in total. The number of alkyl halides is 3. The Bertz CT molecular complexity index is 1280. The molecule has 0 saturated heterocycles. The maximum atomic E-state index is 12.5. The number of para-hydroxylation sites is 2. The Morgan fingerprint density at radius 1 is 1.03 bits per heavy atom. The zero-order valence-corrected chi connectivity index (χ0v) is 17.6. The van der Waals surface area contributed by atoms with Crippen LogP contribution in [0.5, 0.6) is 17.4 Å². The largest absolute Gasteiger partial charge is 0.573 e. The molecule has 2 aromatic carbocycles. The summed E-state index contributed by atoms with van der Waals surface area (Å²) in [5.74, 6) is 1.33. The molecule has 0 radical (unpaired) electrons. The fourth-order valence-electron chi connectivity index (χ4n) is 2.90. The summed E-state index contributed by atoms with van der Waals surface area (Å²) in [4.78, 5) is 24.8. The molecule has 2 aromatic heterocycles. The van der Waals surface area contributed by atoms with Gasteiger partial charge in [-0.3, -0.25) is 4.57 Å². The van der Waals surface area contributed by atoms with Crippen molar-refractivity contribution in [1.29, 1.82) is 0 Å². The Morgan fingerprint density at radius 3 is 2.50 bits per heavy atom. The smallest absolute Gasteiger partial charge is 0.439 e. The molecule has 0 unspecified atom stereocenters. The van der Waals surface area contributed by atoms with Gasteiger partial charge in [0, 0.05) is 24.1 Å². The summed E-state index contributed by atoms with van der Waals surface area (Å²) in [5, 5.41) is 4.86. The van der Waals surface area contributed by atoms with Crippen molar-refractivity contribution in [2.45, 2.75) is 13.3 Å². The van der Waals surface area contributed by atoms with E-state index in [1.165, 1.54) is 18.2 Å². The number of halogens is 3. The predicted octanol–water partition coefficient (Wildman–Crippen LogP) is 5.31. The van der Waals surface area contributed by atoms with Gasteiger partial charge in [-0.25, -0.2) is 14.8 Å². The van der Waals surface area contributed by atoms with E-state index in [0.29, 0.717) is 29.0 Å². The lowest BCUT2D eigenvalue weighted by molar-refractivity contribution is -0.274. The van der Waals surface area contributed by atoms with Gasteiger partial charge in [-0.1, -0.05) is 12.1 Å². The van der Waals surface area contributed by atoms with Gasteiger partial charge in [0.05, 0.1) is 5.69 Å². The number of rotatable bonds is 6. The molecule has 4 rings (SSSR count). The maximum Gasteiger partial charge on any atom is 0.573 e. The van der Waals surface area contributed by atoms with Crippen molar-refractivity contribution >= 4 is 17.4 Å². The van der Waals surface area contributed by atoms with Gasteiger partial charge in [0.2, 0.25) is 5.88 Å². The van der Waals surface area contributed by atoms with Crippen LogP contribution in [0.25, 0.3) is 5.82 Å². The van der Waals surface area contributed by atoms with Crippen LogP contribution in [0.1, 0.15) is 5.82 Å². The number of anilines is 2. The summed E-state index contributed by atoms with van der Waals surface area (Å²) >= 11 is 0. The minimum Gasteiger partial charge on any atom is -0.439 e.